The zero-order valence-corrected chi connectivity index (χ0v) is 16.5. The highest BCUT2D eigenvalue weighted by Gasteiger charge is 2.29. The van der Waals surface area contributed by atoms with E-state index in [1.807, 2.05) is 26.2 Å². The fourth-order valence-corrected chi connectivity index (χ4v) is 4.45. The van der Waals surface area contributed by atoms with Gasteiger partial charge in [-0.2, -0.15) is 4.31 Å². The molecule has 0 aromatic heterocycles. The second kappa shape index (κ2) is 9.73. The van der Waals surface area contributed by atoms with Crippen LogP contribution in [0.3, 0.4) is 0 Å². The van der Waals surface area contributed by atoms with Gasteiger partial charge in [-0.3, -0.25) is 0 Å². The van der Waals surface area contributed by atoms with Gasteiger partial charge in [-0.05, 0) is 63.6 Å². The molecule has 5 nitrogen and oxygen atoms in total. The highest BCUT2D eigenvalue weighted by molar-refractivity contribution is 7.89. The summed E-state index contributed by atoms with van der Waals surface area (Å²) in [4.78, 5) is 2.48. The SMILES string of the molecule is CCNCC1CCN(S(=O)(=O)c2ccc(CN(C)C)cc2)CC1.Cl. The highest BCUT2D eigenvalue weighted by atomic mass is 35.5. The van der Waals surface area contributed by atoms with E-state index in [-0.39, 0.29) is 12.4 Å². The van der Waals surface area contributed by atoms with Crippen LogP contribution in [0.1, 0.15) is 25.3 Å². The number of halogens is 1. The van der Waals surface area contributed by atoms with Crippen LogP contribution in [0.5, 0.6) is 0 Å². The Balaban J connectivity index is 0.00000288. The van der Waals surface area contributed by atoms with Crippen LogP contribution < -0.4 is 5.32 Å². The summed E-state index contributed by atoms with van der Waals surface area (Å²) < 4.78 is 27.1. The molecular weight excluding hydrogens is 346 g/mol. The van der Waals surface area contributed by atoms with Crippen molar-refractivity contribution in [1.29, 1.82) is 0 Å². The summed E-state index contributed by atoms with van der Waals surface area (Å²) in [6, 6.07) is 7.29. The summed E-state index contributed by atoms with van der Waals surface area (Å²) in [6.45, 7) is 6.12. The minimum absolute atomic E-state index is 0. The highest BCUT2D eigenvalue weighted by Crippen LogP contribution is 2.23. The van der Waals surface area contributed by atoms with Crippen molar-refractivity contribution in [2.75, 3.05) is 40.3 Å². The van der Waals surface area contributed by atoms with E-state index in [2.05, 4.69) is 17.1 Å². The molecule has 0 bridgehead atoms. The lowest BCUT2D eigenvalue weighted by Gasteiger charge is -2.31. The molecule has 1 aromatic carbocycles. The molecule has 0 amide bonds. The van der Waals surface area contributed by atoms with Crippen LogP contribution in [-0.2, 0) is 16.6 Å². The Labute approximate surface area is 152 Å². The van der Waals surface area contributed by atoms with Crippen molar-refractivity contribution in [2.45, 2.75) is 31.2 Å². The molecule has 1 fully saturated rings. The number of nitrogens with zero attached hydrogens (tertiary/aromatic N) is 2. The molecule has 0 atom stereocenters. The van der Waals surface area contributed by atoms with Gasteiger partial charge in [-0.15, -0.1) is 12.4 Å². The fraction of sp³-hybridized carbons (Fsp3) is 0.647. The Bertz CT molecular complexity index is 582. The van der Waals surface area contributed by atoms with Crippen molar-refractivity contribution < 1.29 is 8.42 Å². The van der Waals surface area contributed by atoms with Gasteiger partial charge in [0.05, 0.1) is 4.90 Å². The van der Waals surface area contributed by atoms with Crippen LogP contribution in [-0.4, -0.2) is 57.9 Å². The molecule has 1 saturated heterocycles. The normalized spacial score (nSPS) is 17.0. The predicted octanol–water partition coefficient (Wildman–Crippen LogP) is 2.18. The summed E-state index contributed by atoms with van der Waals surface area (Å²) >= 11 is 0. The van der Waals surface area contributed by atoms with E-state index in [1.54, 1.807) is 16.4 Å². The smallest absolute Gasteiger partial charge is 0.243 e. The van der Waals surface area contributed by atoms with Gasteiger partial charge >= 0.3 is 0 Å². The number of benzene rings is 1. The molecule has 1 aliphatic heterocycles. The Kier molecular flexibility index (Phi) is 8.67. The van der Waals surface area contributed by atoms with Crippen molar-refractivity contribution in [3.8, 4) is 0 Å². The molecule has 1 N–H and O–H groups in total. The molecule has 1 heterocycles. The van der Waals surface area contributed by atoms with Crippen molar-refractivity contribution >= 4 is 22.4 Å². The number of hydrogen-bond donors (Lipinski definition) is 1. The lowest BCUT2D eigenvalue weighted by atomic mass is 9.98. The molecule has 0 spiro atoms. The Hall–Kier alpha value is -0.660. The van der Waals surface area contributed by atoms with Gasteiger partial charge in [-0.1, -0.05) is 19.1 Å². The molecule has 1 aromatic rings. The van der Waals surface area contributed by atoms with Gasteiger partial charge in [0.2, 0.25) is 10.0 Å². The maximum absolute atomic E-state index is 12.7. The Morgan fingerprint density at radius 3 is 2.25 bits per heavy atom. The average Bonchev–Trinajstić information content (AvgIpc) is 2.53. The topological polar surface area (TPSA) is 52.7 Å². The summed E-state index contributed by atoms with van der Waals surface area (Å²) in [7, 11) is 0.652. The second-order valence-corrected chi connectivity index (χ2v) is 8.47. The maximum atomic E-state index is 12.7. The van der Waals surface area contributed by atoms with Crippen LogP contribution in [0.2, 0.25) is 0 Å². The molecular formula is C17H30ClN3O2S. The number of sulfonamides is 1. The van der Waals surface area contributed by atoms with Gasteiger partial charge in [-0.25, -0.2) is 8.42 Å². The van der Waals surface area contributed by atoms with Crippen LogP contribution in [0, 0.1) is 5.92 Å². The van der Waals surface area contributed by atoms with E-state index in [9.17, 15) is 8.42 Å². The van der Waals surface area contributed by atoms with Crippen LogP contribution >= 0.6 is 12.4 Å². The zero-order valence-electron chi connectivity index (χ0n) is 14.9. The molecule has 0 radical (unpaired) electrons. The number of piperidine rings is 1. The minimum atomic E-state index is -3.35. The first kappa shape index (κ1) is 21.4. The van der Waals surface area contributed by atoms with Crippen LogP contribution in [0.25, 0.3) is 0 Å². The van der Waals surface area contributed by atoms with E-state index in [1.165, 1.54) is 0 Å². The molecule has 0 aliphatic carbocycles. The van der Waals surface area contributed by atoms with Crippen molar-refractivity contribution in [1.82, 2.24) is 14.5 Å². The fourth-order valence-electron chi connectivity index (χ4n) is 2.98. The van der Waals surface area contributed by atoms with Crippen LogP contribution in [0.15, 0.2) is 29.2 Å². The van der Waals surface area contributed by atoms with E-state index in [0.29, 0.717) is 23.9 Å². The van der Waals surface area contributed by atoms with Crippen LogP contribution in [0.4, 0.5) is 0 Å². The first-order valence-corrected chi connectivity index (χ1v) is 9.82. The molecule has 138 valence electrons. The van der Waals surface area contributed by atoms with E-state index in [0.717, 1.165) is 38.0 Å². The molecule has 7 heteroatoms. The standard InChI is InChI=1S/C17H29N3O2S.ClH/c1-4-18-13-15-9-11-20(12-10-15)23(21,22)17-7-5-16(6-8-17)14-19(2)3;/h5-8,15,18H,4,9-14H2,1-3H3;1H. The maximum Gasteiger partial charge on any atom is 0.243 e. The quantitative estimate of drug-likeness (QED) is 0.793. The third-order valence-electron chi connectivity index (χ3n) is 4.32. The lowest BCUT2D eigenvalue weighted by Crippen LogP contribution is -2.40. The first-order chi connectivity index (χ1) is 10.9. The zero-order chi connectivity index (χ0) is 16.9. The number of rotatable bonds is 7. The predicted molar refractivity (Wildman–Crippen MR) is 101 cm³/mol. The summed E-state index contributed by atoms with van der Waals surface area (Å²) in [5.41, 5.74) is 1.12. The monoisotopic (exact) mass is 375 g/mol. The number of nitrogens with one attached hydrogen (secondary N) is 1. The average molecular weight is 376 g/mol. The Morgan fingerprint density at radius 2 is 1.75 bits per heavy atom. The van der Waals surface area contributed by atoms with Crippen molar-refractivity contribution in [3.63, 3.8) is 0 Å². The second-order valence-electron chi connectivity index (χ2n) is 6.54. The van der Waals surface area contributed by atoms with Gasteiger partial charge in [0, 0.05) is 19.6 Å². The molecule has 2 rings (SSSR count). The molecule has 0 unspecified atom stereocenters. The van der Waals surface area contributed by atoms with Gasteiger partial charge in [0.15, 0.2) is 0 Å². The molecule has 24 heavy (non-hydrogen) atoms. The summed E-state index contributed by atoms with van der Waals surface area (Å²) in [6.07, 6.45) is 1.87. The summed E-state index contributed by atoms with van der Waals surface area (Å²) in [5, 5.41) is 3.35. The summed E-state index contributed by atoms with van der Waals surface area (Å²) in [5.74, 6) is 0.587. The third kappa shape index (κ3) is 5.70. The Morgan fingerprint density at radius 1 is 1.17 bits per heavy atom. The van der Waals surface area contributed by atoms with Gasteiger partial charge < -0.3 is 10.2 Å². The van der Waals surface area contributed by atoms with Gasteiger partial charge in [0.25, 0.3) is 0 Å². The van der Waals surface area contributed by atoms with Crippen molar-refractivity contribution in [3.05, 3.63) is 29.8 Å². The van der Waals surface area contributed by atoms with Gasteiger partial charge in [0.1, 0.15) is 0 Å². The lowest BCUT2D eigenvalue weighted by molar-refractivity contribution is 0.268. The van der Waals surface area contributed by atoms with E-state index < -0.39 is 10.0 Å². The third-order valence-corrected chi connectivity index (χ3v) is 6.23. The first-order valence-electron chi connectivity index (χ1n) is 8.38. The van der Waals surface area contributed by atoms with E-state index in [4.69, 9.17) is 0 Å². The van der Waals surface area contributed by atoms with Crippen molar-refractivity contribution in [2.24, 2.45) is 5.92 Å². The van der Waals surface area contributed by atoms with E-state index >= 15 is 0 Å². The minimum Gasteiger partial charge on any atom is -0.317 e. The molecule has 0 saturated carbocycles. The number of hydrogen-bond acceptors (Lipinski definition) is 4. The largest absolute Gasteiger partial charge is 0.317 e. The molecule has 1 aliphatic rings.